The summed E-state index contributed by atoms with van der Waals surface area (Å²) in [4.78, 5) is 26.8. The van der Waals surface area contributed by atoms with E-state index in [9.17, 15) is 9.59 Å². The van der Waals surface area contributed by atoms with Gasteiger partial charge in [-0.1, -0.05) is 374 Å². The molecule has 0 saturated heterocycles. The van der Waals surface area contributed by atoms with Crippen molar-refractivity contribution in [1.82, 2.24) is 10.6 Å². The van der Waals surface area contributed by atoms with Crippen molar-refractivity contribution in [3.63, 3.8) is 0 Å². The summed E-state index contributed by atoms with van der Waals surface area (Å²) >= 11 is 0. The molecule has 0 spiro atoms. The molecule has 77 heavy (non-hydrogen) atoms. The van der Waals surface area contributed by atoms with E-state index in [0.29, 0.717) is 36.6 Å². The van der Waals surface area contributed by atoms with Crippen LogP contribution in [0.5, 0.6) is 5.75 Å². The monoisotopic (exact) mass is 1080 g/mol. The largest absolute Gasteiger partial charge is 0.493 e. The van der Waals surface area contributed by atoms with Gasteiger partial charge in [0.2, 0.25) is 0 Å². The fourth-order valence-electron chi connectivity index (χ4n) is 11.5. The van der Waals surface area contributed by atoms with Gasteiger partial charge in [0.15, 0.2) is 0 Å². The molecule has 0 radical (unpaired) electrons. The summed E-state index contributed by atoms with van der Waals surface area (Å²) in [6.45, 7) is 8.82. The molecule has 0 aliphatic heterocycles. The molecule has 0 fully saturated rings. The molecule has 452 valence electrons. The number of amides is 2. The van der Waals surface area contributed by atoms with Crippen molar-refractivity contribution in [3.05, 3.63) is 29.3 Å². The first-order chi connectivity index (χ1) is 38.1. The Morgan fingerprint density at radius 3 is 0.766 bits per heavy atom. The Morgan fingerprint density at radius 1 is 0.286 bits per heavy atom. The second-order valence-corrected chi connectivity index (χ2v) is 24.5. The van der Waals surface area contributed by atoms with Gasteiger partial charge in [-0.2, -0.15) is 0 Å². The van der Waals surface area contributed by atoms with E-state index in [1.807, 2.05) is 0 Å². The van der Waals surface area contributed by atoms with Gasteiger partial charge in [-0.15, -0.1) is 0 Å². The number of unbranched alkanes of at least 4 members (excludes halogenated alkanes) is 55. The molecule has 0 aliphatic rings. The first kappa shape index (κ1) is 73.0. The fourth-order valence-corrected chi connectivity index (χ4v) is 11.5. The van der Waals surface area contributed by atoms with Crippen LogP contribution in [0.15, 0.2) is 18.2 Å². The second-order valence-electron chi connectivity index (χ2n) is 24.5. The normalized spacial score (nSPS) is 11.5. The Labute approximate surface area is 482 Å². The summed E-state index contributed by atoms with van der Waals surface area (Å²) in [6.07, 6.45) is 79.2. The van der Waals surface area contributed by atoms with Gasteiger partial charge in [0.25, 0.3) is 11.8 Å². The van der Waals surface area contributed by atoms with E-state index in [1.54, 1.807) is 18.2 Å². The summed E-state index contributed by atoms with van der Waals surface area (Å²) in [5.74, 6) is 0.375. The van der Waals surface area contributed by atoms with Gasteiger partial charge in [-0.25, -0.2) is 0 Å². The Bertz CT molecular complexity index is 1350. The summed E-state index contributed by atoms with van der Waals surface area (Å²) in [6, 6.07) is 5.41. The van der Waals surface area contributed by atoms with E-state index in [2.05, 4.69) is 31.4 Å². The van der Waals surface area contributed by atoms with Crippen molar-refractivity contribution in [1.29, 1.82) is 0 Å². The van der Waals surface area contributed by atoms with E-state index in [1.165, 1.54) is 334 Å². The molecule has 0 unspecified atom stereocenters. The van der Waals surface area contributed by atoms with E-state index in [0.717, 1.165) is 38.5 Å². The van der Waals surface area contributed by atoms with Crippen molar-refractivity contribution in [2.24, 2.45) is 0 Å². The Morgan fingerprint density at radius 2 is 0.506 bits per heavy atom. The fraction of sp³-hybridized carbons (Fsp3) is 0.889. The highest BCUT2D eigenvalue weighted by molar-refractivity contribution is 6.00. The Hall–Kier alpha value is -2.04. The van der Waals surface area contributed by atoms with Gasteiger partial charge in [0, 0.05) is 18.7 Å². The van der Waals surface area contributed by atoms with E-state index < -0.39 is 0 Å². The molecule has 1 rings (SSSR count). The number of benzene rings is 1. The number of carbonyl (C=O) groups excluding carboxylic acids is 2. The highest BCUT2D eigenvalue weighted by atomic mass is 16.5. The molecule has 0 aliphatic carbocycles. The zero-order valence-electron chi connectivity index (χ0n) is 52.6. The number of rotatable bonds is 64. The number of carbonyl (C=O) groups is 2. The molecule has 1 aromatic rings. The van der Waals surface area contributed by atoms with Crippen LogP contribution in [0.4, 0.5) is 0 Å². The number of nitrogens with one attached hydrogen (secondary N) is 2. The molecule has 2 N–H and O–H groups in total. The molecule has 2 amide bonds. The predicted octanol–water partition coefficient (Wildman–Crippen LogP) is 24.2. The topological polar surface area (TPSA) is 67.4 Å². The maximum absolute atomic E-state index is 13.5. The van der Waals surface area contributed by atoms with E-state index in [4.69, 9.17) is 4.74 Å². The maximum atomic E-state index is 13.5. The predicted molar refractivity (Wildman–Crippen MR) is 341 cm³/mol. The zero-order chi connectivity index (χ0) is 55.3. The first-order valence-corrected chi connectivity index (χ1v) is 35.5. The number of ether oxygens (including phenoxy) is 1. The van der Waals surface area contributed by atoms with Gasteiger partial charge >= 0.3 is 0 Å². The third-order valence-corrected chi connectivity index (χ3v) is 16.9. The standard InChI is InChI=1S/C72H136N2O3/c1-4-7-10-13-16-19-22-24-26-28-30-32-34-36-38-40-42-44-46-48-50-53-56-59-64-73-71(75)68-62-63-69(70(67-68)77-66-61-58-55-52-21-18-15-12-9-6-3)72(76)74-65-60-57-54-51-49-47-45-43-41-39-37-35-33-31-29-27-25-23-20-17-14-11-8-5-2/h62-63,67H,4-61,64-66H2,1-3H3,(H,73,75)(H,74,76). The van der Waals surface area contributed by atoms with Crippen molar-refractivity contribution in [2.75, 3.05) is 19.7 Å². The SMILES string of the molecule is CCCCCCCCCCCCCCCCCCCCCCCCCCNC(=O)c1ccc(C(=O)NCCCCCCCCCCCCCCCCCCCCCCCCCC)c(OCCCCCCCCCCCC)c1. The van der Waals surface area contributed by atoms with Crippen LogP contribution in [0.3, 0.4) is 0 Å². The summed E-state index contributed by atoms with van der Waals surface area (Å²) < 4.78 is 6.30. The van der Waals surface area contributed by atoms with Crippen molar-refractivity contribution < 1.29 is 14.3 Å². The zero-order valence-corrected chi connectivity index (χ0v) is 52.6. The molecule has 5 heteroatoms. The maximum Gasteiger partial charge on any atom is 0.255 e. The van der Waals surface area contributed by atoms with Gasteiger partial charge in [-0.3, -0.25) is 9.59 Å². The second kappa shape index (κ2) is 61.6. The summed E-state index contributed by atoms with van der Waals surface area (Å²) in [5.41, 5.74) is 1.12. The van der Waals surface area contributed by atoms with Crippen LogP contribution in [-0.4, -0.2) is 31.5 Å². The minimum atomic E-state index is -0.0932. The van der Waals surface area contributed by atoms with Crippen LogP contribution in [0.2, 0.25) is 0 Å². The van der Waals surface area contributed by atoms with E-state index in [-0.39, 0.29) is 11.8 Å². The average molecular weight is 1080 g/mol. The summed E-state index contributed by atoms with van der Waals surface area (Å²) in [7, 11) is 0. The van der Waals surface area contributed by atoms with Gasteiger partial charge < -0.3 is 15.4 Å². The third-order valence-electron chi connectivity index (χ3n) is 16.9. The molecular formula is C72H136N2O3. The number of hydrogen-bond donors (Lipinski definition) is 2. The molecule has 1 aromatic carbocycles. The van der Waals surface area contributed by atoms with Gasteiger partial charge in [0.1, 0.15) is 5.75 Å². The lowest BCUT2D eigenvalue weighted by Gasteiger charge is -2.14. The van der Waals surface area contributed by atoms with Crippen molar-refractivity contribution >= 4 is 11.8 Å². The molecule has 0 saturated carbocycles. The smallest absolute Gasteiger partial charge is 0.255 e. The highest BCUT2D eigenvalue weighted by Crippen LogP contribution is 2.23. The average Bonchev–Trinajstić information content (AvgIpc) is 3.44. The first-order valence-electron chi connectivity index (χ1n) is 35.5. The molecule has 5 nitrogen and oxygen atoms in total. The Kier molecular flexibility index (Phi) is 58.4. The molecule has 0 heterocycles. The summed E-state index contributed by atoms with van der Waals surface area (Å²) in [5, 5.41) is 6.33. The molecule has 0 atom stereocenters. The number of hydrogen-bond acceptors (Lipinski definition) is 3. The molecule has 0 aromatic heterocycles. The lowest BCUT2D eigenvalue weighted by Crippen LogP contribution is -2.26. The van der Waals surface area contributed by atoms with Crippen molar-refractivity contribution in [2.45, 2.75) is 393 Å². The van der Waals surface area contributed by atoms with Crippen LogP contribution in [-0.2, 0) is 0 Å². The highest BCUT2D eigenvalue weighted by Gasteiger charge is 2.16. The lowest BCUT2D eigenvalue weighted by molar-refractivity contribution is 0.0937. The van der Waals surface area contributed by atoms with Crippen LogP contribution in [0, 0.1) is 0 Å². The van der Waals surface area contributed by atoms with E-state index >= 15 is 0 Å². The van der Waals surface area contributed by atoms with Gasteiger partial charge in [-0.05, 0) is 37.5 Å². The minimum absolute atomic E-state index is 0.0740. The Balaban J connectivity index is 2.20. The van der Waals surface area contributed by atoms with Crippen molar-refractivity contribution in [3.8, 4) is 5.75 Å². The van der Waals surface area contributed by atoms with Crippen LogP contribution < -0.4 is 15.4 Å². The minimum Gasteiger partial charge on any atom is -0.493 e. The lowest BCUT2D eigenvalue weighted by atomic mass is 10.0. The van der Waals surface area contributed by atoms with Gasteiger partial charge in [0.05, 0.1) is 12.2 Å². The van der Waals surface area contributed by atoms with Crippen LogP contribution >= 0.6 is 0 Å². The molecular weight excluding hydrogens is 941 g/mol. The quantitative estimate of drug-likeness (QED) is 0.0639. The molecule has 0 bridgehead atoms. The van der Waals surface area contributed by atoms with Crippen LogP contribution in [0.25, 0.3) is 0 Å². The van der Waals surface area contributed by atoms with Crippen LogP contribution in [0.1, 0.15) is 414 Å². The third kappa shape index (κ3) is 51.8.